The van der Waals surface area contributed by atoms with Gasteiger partial charge in [-0.3, -0.25) is 14.3 Å². The minimum atomic E-state index is -0.534. The average molecular weight is 410 g/mol. The number of aromatic nitrogens is 2. The van der Waals surface area contributed by atoms with Crippen LogP contribution in [0.4, 0.5) is 0 Å². The smallest absolute Gasteiger partial charge is 0.248 e. The highest BCUT2D eigenvalue weighted by Gasteiger charge is 2.14. The van der Waals surface area contributed by atoms with E-state index in [0.717, 1.165) is 10.9 Å². The van der Waals surface area contributed by atoms with Crippen molar-refractivity contribution in [3.63, 3.8) is 0 Å². The van der Waals surface area contributed by atoms with Crippen molar-refractivity contribution in [2.75, 3.05) is 19.7 Å². The van der Waals surface area contributed by atoms with Gasteiger partial charge in [0.1, 0.15) is 17.0 Å². The number of nitrogens with zero attached hydrogens (tertiary/aromatic N) is 3. The number of aryl methyl sites for hydroxylation is 1. The lowest BCUT2D eigenvalue weighted by Crippen LogP contribution is -2.31. The maximum absolute atomic E-state index is 12.0. The molecule has 3 aromatic rings. The van der Waals surface area contributed by atoms with Crippen molar-refractivity contribution >= 4 is 22.7 Å². The van der Waals surface area contributed by atoms with E-state index < -0.39 is 5.91 Å². The van der Waals surface area contributed by atoms with Crippen LogP contribution in [0.5, 0.6) is 17.2 Å². The van der Waals surface area contributed by atoms with Gasteiger partial charge in [-0.25, -0.2) is 0 Å². The molecule has 158 valence electrons. The van der Waals surface area contributed by atoms with Crippen LogP contribution in [-0.4, -0.2) is 46.2 Å². The van der Waals surface area contributed by atoms with Crippen LogP contribution in [0.15, 0.2) is 42.6 Å². The van der Waals surface area contributed by atoms with E-state index in [1.807, 2.05) is 13.8 Å². The van der Waals surface area contributed by atoms with Crippen molar-refractivity contribution in [3.8, 4) is 17.2 Å². The first-order valence-corrected chi connectivity index (χ1v) is 9.87. The molecular formula is C22H26N4O4. The monoisotopic (exact) mass is 410 g/mol. The normalized spacial score (nSPS) is 10.8. The van der Waals surface area contributed by atoms with E-state index in [9.17, 15) is 9.59 Å². The zero-order valence-electron chi connectivity index (χ0n) is 17.4. The second-order valence-corrected chi connectivity index (χ2v) is 6.78. The molecule has 0 fully saturated rings. The van der Waals surface area contributed by atoms with E-state index in [2.05, 4.69) is 5.10 Å². The number of amides is 2. The summed E-state index contributed by atoms with van der Waals surface area (Å²) in [6, 6.07) is 10.4. The molecular weight excluding hydrogens is 384 g/mol. The fourth-order valence-electron chi connectivity index (χ4n) is 3.22. The number of carbonyl (C=O) groups excluding carboxylic acids is 2. The molecule has 3 rings (SSSR count). The van der Waals surface area contributed by atoms with Gasteiger partial charge in [0, 0.05) is 31.1 Å². The minimum Gasteiger partial charge on any atom is -0.493 e. The molecule has 8 heteroatoms. The third-order valence-corrected chi connectivity index (χ3v) is 4.83. The van der Waals surface area contributed by atoms with Crippen molar-refractivity contribution < 1.29 is 19.1 Å². The van der Waals surface area contributed by atoms with Gasteiger partial charge in [-0.2, -0.15) is 5.10 Å². The molecule has 2 N–H and O–H groups in total. The first kappa shape index (κ1) is 21.2. The number of ether oxygens (including phenoxy) is 2. The Morgan fingerprint density at radius 1 is 1.10 bits per heavy atom. The molecule has 30 heavy (non-hydrogen) atoms. The van der Waals surface area contributed by atoms with Gasteiger partial charge in [0.2, 0.25) is 11.8 Å². The molecule has 0 aliphatic rings. The zero-order valence-corrected chi connectivity index (χ0v) is 17.4. The summed E-state index contributed by atoms with van der Waals surface area (Å²) in [5, 5.41) is 4.98. The number of hydrogen-bond donors (Lipinski definition) is 1. The summed E-state index contributed by atoms with van der Waals surface area (Å²) in [6.07, 6.45) is 1.99. The van der Waals surface area contributed by atoms with Gasteiger partial charge in [-0.15, -0.1) is 0 Å². The number of rotatable bonds is 9. The largest absolute Gasteiger partial charge is 0.493 e. The predicted octanol–water partition coefficient (Wildman–Crippen LogP) is 3.10. The van der Waals surface area contributed by atoms with Crippen LogP contribution in [0.2, 0.25) is 0 Å². The van der Waals surface area contributed by atoms with E-state index in [-0.39, 0.29) is 5.91 Å². The van der Waals surface area contributed by atoms with E-state index in [1.54, 1.807) is 59.2 Å². The van der Waals surface area contributed by atoms with Crippen molar-refractivity contribution in [1.82, 2.24) is 14.7 Å². The van der Waals surface area contributed by atoms with Crippen LogP contribution in [0.25, 0.3) is 10.9 Å². The van der Waals surface area contributed by atoms with Crippen molar-refractivity contribution in [1.29, 1.82) is 0 Å². The van der Waals surface area contributed by atoms with Crippen LogP contribution in [0, 0.1) is 0 Å². The lowest BCUT2D eigenvalue weighted by atomic mass is 10.1. The Morgan fingerprint density at radius 3 is 2.40 bits per heavy atom. The summed E-state index contributed by atoms with van der Waals surface area (Å²) in [4.78, 5) is 25.4. The van der Waals surface area contributed by atoms with Crippen LogP contribution in [0.1, 0.15) is 30.6 Å². The van der Waals surface area contributed by atoms with E-state index in [4.69, 9.17) is 15.2 Å². The second kappa shape index (κ2) is 9.30. The lowest BCUT2D eigenvalue weighted by molar-refractivity contribution is -0.131. The number of hydrogen-bond acceptors (Lipinski definition) is 5. The molecule has 0 saturated heterocycles. The molecule has 0 aliphatic carbocycles. The Kier molecular flexibility index (Phi) is 6.56. The predicted molar refractivity (Wildman–Crippen MR) is 114 cm³/mol. The van der Waals surface area contributed by atoms with Crippen LogP contribution in [-0.2, 0) is 11.8 Å². The van der Waals surface area contributed by atoms with Gasteiger partial charge in [-0.1, -0.05) is 0 Å². The summed E-state index contributed by atoms with van der Waals surface area (Å²) in [5.74, 6) is 1.25. The first-order valence-electron chi connectivity index (χ1n) is 9.87. The highest BCUT2D eigenvalue weighted by Crippen LogP contribution is 2.32. The van der Waals surface area contributed by atoms with Crippen LogP contribution in [0.3, 0.4) is 0 Å². The molecule has 2 amide bonds. The lowest BCUT2D eigenvalue weighted by Gasteiger charge is -2.18. The SMILES string of the molecule is CCN(CC)C(=O)CCOc1ccc(Oc2cc(C(N)=O)cc3cnn(C)c23)cc1. The van der Waals surface area contributed by atoms with Gasteiger partial charge in [0.05, 0.1) is 19.2 Å². The molecule has 2 aromatic carbocycles. The fraction of sp³-hybridized carbons (Fsp3) is 0.318. The first-order chi connectivity index (χ1) is 14.4. The number of fused-ring (bicyclic) bond motifs is 1. The molecule has 0 atom stereocenters. The van der Waals surface area contributed by atoms with Crippen LogP contribution >= 0.6 is 0 Å². The number of benzene rings is 2. The van der Waals surface area contributed by atoms with E-state index in [1.165, 1.54) is 0 Å². The van der Waals surface area contributed by atoms with Crippen LogP contribution < -0.4 is 15.2 Å². The van der Waals surface area contributed by atoms with Crippen molar-refractivity contribution in [2.45, 2.75) is 20.3 Å². The Bertz CT molecular complexity index is 1040. The van der Waals surface area contributed by atoms with E-state index >= 15 is 0 Å². The minimum absolute atomic E-state index is 0.0782. The Morgan fingerprint density at radius 2 is 1.77 bits per heavy atom. The third-order valence-electron chi connectivity index (χ3n) is 4.83. The van der Waals surface area contributed by atoms with Crippen molar-refractivity contribution in [2.24, 2.45) is 12.8 Å². The Labute approximate surface area is 175 Å². The molecule has 0 bridgehead atoms. The fourth-order valence-corrected chi connectivity index (χ4v) is 3.22. The van der Waals surface area contributed by atoms with Gasteiger partial charge < -0.3 is 20.1 Å². The summed E-state index contributed by atoms with van der Waals surface area (Å²) in [7, 11) is 1.80. The molecule has 1 heterocycles. The maximum Gasteiger partial charge on any atom is 0.248 e. The van der Waals surface area contributed by atoms with Gasteiger partial charge in [0.25, 0.3) is 0 Å². The molecule has 0 spiro atoms. The summed E-state index contributed by atoms with van der Waals surface area (Å²) < 4.78 is 13.3. The number of primary amides is 1. The van der Waals surface area contributed by atoms with Crippen molar-refractivity contribution in [3.05, 3.63) is 48.2 Å². The molecule has 8 nitrogen and oxygen atoms in total. The quantitative estimate of drug-likeness (QED) is 0.584. The topological polar surface area (TPSA) is 99.7 Å². The highest BCUT2D eigenvalue weighted by molar-refractivity contribution is 5.99. The zero-order chi connectivity index (χ0) is 21.7. The third kappa shape index (κ3) is 4.71. The Hall–Kier alpha value is -3.55. The highest BCUT2D eigenvalue weighted by atomic mass is 16.5. The van der Waals surface area contributed by atoms with Gasteiger partial charge in [-0.05, 0) is 50.2 Å². The van der Waals surface area contributed by atoms with E-state index in [0.29, 0.717) is 48.9 Å². The Balaban J connectivity index is 1.68. The molecule has 1 aromatic heterocycles. The average Bonchev–Trinajstić information content (AvgIpc) is 3.11. The molecule has 0 saturated carbocycles. The van der Waals surface area contributed by atoms with Gasteiger partial charge >= 0.3 is 0 Å². The standard InChI is InChI=1S/C22H26N4O4/c1-4-26(5-2)20(27)10-11-29-17-6-8-18(9-7-17)30-19-13-15(22(23)28)12-16-14-24-25(3)21(16)19/h6-9,12-14H,4-5,10-11H2,1-3H3,(H2,23,28). The molecule has 0 aliphatic heterocycles. The molecule has 0 radical (unpaired) electrons. The summed E-state index contributed by atoms with van der Waals surface area (Å²) in [5.41, 5.74) is 6.54. The van der Waals surface area contributed by atoms with Gasteiger partial charge in [0.15, 0.2) is 5.75 Å². The summed E-state index contributed by atoms with van der Waals surface area (Å²) >= 11 is 0. The number of carbonyl (C=O) groups is 2. The second-order valence-electron chi connectivity index (χ2n) is 6.78. The molecule has 0 unspecified atom stereocenters. The maximum atomic E-state index is 12.0. The number of nitrogens with two attached hydrogens (primary N) is 1. The summed E-state index contributed by atoms with van der Waals surface area (Å²) in [6.45, 7) is 5.62.